The van der Waals surface area contributed by atoms with Crippen molar-refractivity contribution in [1.29, 1.82) is 5.26 Å². The molecular formula is C13H6BrClFNO. The molecule has 0 fully saturated rings. The van der Waals surface area contributed by atoms with E-state index in [9.17, 15) is 4.39 Å². The number of rotatable bonds is 2. The largest absolute Gasteiger partial charge is 0.456 e. The molecule has 90 valence electrons. The molecule has 2 nitrogen and oxygen atoms in total. The lowest BCUT2D eigenvalue weighted by Crippen LogP contribution is -1.87. The summed E-state index contributed by atoms with van der Waals surface area (Å²) in [6.45, 7) is 0. The van der Waals surface area contributed by atoms with Crippen LogP contribution in [-0.4, -0.2) is 0 Å². The Morgan fingerprint density at radius 2 is 2.00 bits per heavy atom. The fourth-order valence-corrected chi connectivity index (χ4v) is 1.99. The van der Waals surface area contributed by atoms with Crippen molar-refractivity contribution in [2.75, 3.05) is 0 Å². The highest BCUT2D eigenvalue weighted by Crippen LogP contribution is 2.31. The summed E-state index contributed by atoms with van der Waals surface area (Å²) in [5.74, 6) is 0.442. The van der Waals surface area contributed by atoms with Crippen molar-refractivity contribution in [3.63, 3.8) is 0 Å². The van der Waals surface area contributed by atoms with E-state index < -0.39 is 5.82 Å². The summed E-state index contributed by atoms with van der Waals surface area (Å²) in [4.78, 5) is 0. The summed E-state index contributed by atoms with van der Waals surface area (Å²) in [6.07, 6.45) is 0. The van der Waals surface area contributed by atoms with E-state index in [4.69, 9.17) is 21.6 Å². The first kappa shape index (κ1) is 12.9. The summed E-state index contributed by atoms with van der Waals surface area (Å²) in [6, 6.07) is 10.8. The number of ether oxygens (including phenoxy) is 1. The maximum Gasteiger partial charge on any atom is 0.146 e. The van der Waals surface area contributed by atoms with Crippen LogP contribution in [0.25, 0.3) is 0 Å². The summed E-state index contributed by atoms with van der Waals surface area (Å²) >= 11 is 9.10. The Kier molecular flexibility index (Phi) is 3.85. The summed E-state index contributed by atoms with van der Waals surface area (Å²) < 4.78 is 19.0. The second-order valence-electron chi connectivity index (χ2n) is 3.43. The molecule has 0 radical (unpaired) electrons. The van der Waals surface area contributed by atoms with Gasteiger partial charge in [-0.15, -0.1) is 0 Å². The van der Waals surface area contributed by atoms with Gasteiger partial charge in [0.05, 0.1) is 10.6 Å². The van der Waals surface area contributed by atoms with E-state index in [1.54, 1.807) is 18.2 Å². The number of nitrogens with zero attached hydrogens (tertiary/aromatic N) is 1. The smallest absolute Gasteiger partial charge is 0.146 e. The molecule has 0 atom stereocenters. The third-order valence-electron chi connectivity index (χ3n) is 2.18. The quantitative estimate of drug-likeness (QED) is 0.786. The average molecular weight is 327 g/mol. The number of hydrogen-bond donors (Lipinski definition) is 0. The monoisotopic (exact) mass is 325 g/mol. The van der Waals surface area contributed by atoms with Crippen molar-refractivity contribution >= 4 is 27.5 Å². The van der Waals surface area contributed by atoms with Crippen LogP contribution in [0.3, 0.4) is 0 Å². The molecule has 0 saturated heterocycles. The maximum atomic E-state index is 12.9. The van der Waals surface area contributed by atoms with Crippen LogP contribution in [0.4, 0.5) is 4.39 Å². The molecule has 0 bridgehead atoms. The minimum atomic E-state index is -0.423. The molecule has 0 aliphatic rings. The van der Waals surface area contributed by atoms with Gasteiger partial charge in [-0.3, -0.25) is 0 Å². The van der Waals surface area contributed by atoms with Crippen LogP contribution in [0.15, 0.2) is 40.9 Å². The topological polar surface area (TPSA) is 33.0 Å². The van der Waals surface area contributed by atoms with E-state index >= 15 is 0 Å². The van der Waals surface area contributed by atoms with Gasteiger partial charge in [-0.05, 0) is 52.3 Å². The molecule has 2 aromatic carbocycles. The Labute approximate surface area is 117 Å². The zero-order chi connectivity index (χ0) is 13.1. The van der Waals surface area contributed by atoms with Gasteiger partial charge in [0.1, 0.15) is 23.4 Å². The Morgan fingerprint density at radius 3 is 2.61 bits per heavy atom. The zero-order valence-electron chi connectivity index (χ0n) is 8.95. The van der Waals surface area contributed by atoms with Crippen molar-refractivity contribution in [2.45, 2.75) is 0 Å². The fraction of sp³-hybridized carbons (Fsp3) is 0. The predicted molar refractivity (Wildman–Crippen MR) is 70.3 cm³/mol. The normalized spacial score (nSPS) is 9.89. The van der Waals surface area contributed by atoms with Crippen molar-refractivity contribution in [1.82, 2.24) is 0 Å². The predicted octanol–water partition coefficient (Wildman–Crippen LogP) is 4.91. The van der Waals surface area contributed by atoms with E-state index in [0.29, 0.717) is 21.5 Å². The molecule has 2 aromatic rings. The van der Waals surface area contributed by atoms with Gasteiger partial charge < -0.3 is 4.74 Å². The fourth-order valence-electron chi connectivity index (χ4n) is 1.33. The third kappa shape index (κ3) is 2.81. The molecule has 0 unspecified atom stereocenters. The minimum absolute atomic E-state index is 0.190. The maximum absolute atomic E-state index is 12.9. The van der Waals surface area contributed by atoms with Gasteiger partial charge in [-0.2, -0.15) is 5.26 Å². The van der Waals surface area contributed by atoms with Gasteiger partial charge in [0, 0.05) is 4.47 Å². The summed E-state index contributed by atoms with van der Waals surface area (Å²) in [7, 11) is 0. The molecule has 2 rings (SSSR count). The minimum Gasteiger partial charge on any atom is -0.456 e. The lowest BCUT2D eigenvalue weighted by atomic mass is 10.2. The van der Waals surface area contributed by atoms with Gasteiger partial charge in [-0.25, -0.2) is 4.39 Å². The molecule has 0 amide bonds. The van der Waals surface area contributed by atoms with Crippen LogP contribution < -0.4 is 4.74 Å². The molecular weight excluding hydrogens is 321 g/mol. The SMILES string of the molecule is N#Cc1ccc(Oc2ccc(F)cc2Cl)cc1Br. The number of nitriles is 1. The zero-order valence-corrected chi connectivity index (χ0v) is 11.3. The van der Waals surface area contributed by atoms with Crippen molar-refractivity contribution < 1.29 is 9.13 Å². The van der Waals surface area contributed by atoms with Crippen LogP contribution >= 0.6 is 27.5 Å². The second kappa shape index (κ2) is 5.38. The van der Waals surface area contributed by atoms with E-state index in [1.165, 1.54) is 18.2 Å². The third-order valence-corrected chi connectivity index (χ3v) is 3.13. The van der Waals surface area contributed by atoms with Crippen LogP contribution in [0.1, 0.15) is 5.56 Å². The van der Waals surface area contributed by atoms with E-state index in [1.807, 2.05) is 6.07 Å². The molecule has 0 N–H and O–H groups in total. The van der Waals surface area contributed by atoms with Gasteiger partial charge in [0.2, 0.25) is 0 Å². The van der Waals surface area contributed by atoms with Crippen LogP contribution in [0.5, 0.6) is 11.5 Å². The lowest BCUT2D eigenvalue weighted by Gasteiger charge is -2.08. The molecule has 0 spiro atoms. The first-order valence-electron chi connectivity index (χ1n) is 4.92. The van der Waals surface area contributed by atoms with Crippen molar-refractivity contribution in [3.8, 4) is 17.6 Å². The number of halogens is 3. The van der Waals surface area contributed by atoms with Crippen LogP contribution in [0, 0.1) is 17.1 Å². The Bertz CT molecular complexity index is 639. The van der Waals surface area contributed by atoms with Crippen molar-refractivity contribution in [3.05, 3.63) is 57.3 Å². The first-order chi connectivity index (χ1) is 8.60. The van der Waals surface area contributed by atoms with Gasteiger partial charge in [0.25, 0.3) is 0 Å². The van der Waals surface area contributed by atoms with Crippen LogP contribution in [-0.2, 0) is 0 Å². The Hall–Kier alpha value is -1.57. The first-order valence-corrected chi connectivity index (χ1v) is 6.10. The standard InChI is InChI=1S/C13H6BrClFNO/c14-11-6-10(3-1-8(11)7-17)18-13-4-2-9(16)5-12(13)15/h1-6H. The highest BCUT2D eigenvalue weighted by molar-refractivity contribution is 9.10. The highest BCUT2D eigenvalue weighted by Gasteiger charge is 2.06. The molecule has 0 saturated carbocycles. The van der Waals surface area contributed by atoms with Gasteiger partial charge in [0.15, 0.2) is 0 Å². The molecule has 5 heteroatoms. The number of benzene rings is 2. The molecule has 0 aliphatic heterocycles. The molecule has 0 aliphatic carbocycles. The van der Waals surface area contributed by atoms with Gasteiger partial charge in [-0.1, -0.05) is 11.6 Å². The van der Waals surface area contributed by atoms with Crippen LogP contribution in [0.2, 0.25) is 5.02 Å². The van der Waals surface area contributed by atoms with Crippen molar-refractivity contribution in [2.24, 2.45) is 0 Å². The molecule has 18 heavy (non-hydrogen) atoms. The second-order valence-corrected chi connectivity index (χ2v) is 4.69. The van der Waals surface area contributed by atoms with E-state index in [0.717, 1.165) is 0 Å². The van der Waals surface area contributed by atoms with E-state index in [-0.39, 0.29) is 5.02 Å². The summed E-state index contributed by atoms with van der Waals surface area (Å²) in [5, 5.41) is 8.98. The molecule has 0 aromatic heterocycles. The van der Waals surface area contributed by atoms with Gasteiger partial charge >= 0.3 is 0 Å². The lowest BCUT2D eigenvalue weighted by molar-refractivity contribution is 0.480. The average Bonchev–Trinajstić information content (AvgIpc) is 2.33. The Morgan fingerprint density at radius 1 is 1.22 bits per heavy atom. The summed E-state index contributed by atoms with van der Waals surface area (Å²) in [5.41, 5.74) is 0.507. The Balaban J connectivity index is 2.29. The highest BCUT2D eigenvalue weighted by atomic mass is 79.9. The molecule has 0 heterocycles. The number of hydrogen-bond acceptors (Lipinski definition) is 2. The van der Waals surface area contributed by atoms with E-state index in [2.05, 4.69) is 15.9 Å².